The maximum Gasteiger partial charge on any atom is 0.407 e. The predicted molar refractivity (Wildman–Crippen MR) is 102 cm³/mol. The molecular formula is C19H30N2O4S. The molecular weight excluding hydrogens is 352 g/mol. The number of hydrogen-bond donors (Lipinski definition) is 1. The van der Waals surface area contributed by atoms with Crippen LogP contribution in [0.15, 0.2) is 24.3 Å². The Balaban J connectivity index is 2.05. The van der Waals surface area contributed by atoms with Crippen molar-refractivity contribution >= 4 is 16.1 Å². The summed E-state index contributed by atoms with van der Waals surface area (Å²) in [6.07, 6.45) is 2.02. The average Bonchev–Trinajstić information content (AvgIpc) is 2.54. The monoisotopic (exact) mass is 382 g/mol. The molecule has 1 fully saturated rings. The zero-order valence-corrected chi connectivity index (χ0v) is 16.9. The zero-order valence-electron chi connectivity index (χ0n) is 16.1. The van der Waals surface area contributed by atoms with Gasteiger partial charge in [0, 0.05) is 19.1 Å². The summed E-state index contributed by atoms with van der Waals surface area (Å²) in [5.41, 5.74) is 1.21. The van der Waals surface area contributed by atoms with Crippen LogP contribution in [0.1, 0.15) is 51.2 Å². The number of nitrogens with zero attached hydrogens (tertiary/aromatic N) is 1. The molecule has 0 unspecified atom stereocenters. The Morgan fingerprint density at radius 2 is 1.96 bits per heavy atom. The minimum atomic E-state index is -3.45. The van der Waals surface area contributed by atoms with Gasteiger partial charge in [-0.05, 0) is 51.7 Å². The van der Waals surface area contributed by atoms with Crippen molar-refractivity contribution < 1.29 is 17.9 Å². The Hall–Kier alpha value is -1.60. The standard InChI is InChI=1S/C19H30N2O4S/c1-15-9-5-6-10-16(15)14-26(23,24)21-12-8-7-11-17(21)13-20-18(22)25-19(2,3)4/h5-6,9-10,17H,7-8,11-14H2,1-4H3,(H,20,22)/t17-/m0/s1. The molecule has 0 saturated carbocycles. The summed E-state index contributed by atoms with van der Waals surface area (Å²) in [7, 11) is -3.45. The van der Waals surface area contributed by atoms with Crippen LogP contribution in [-0.4, -0.2) is 43.5 Å². The Morgan fingerprint density at radius 3 is 2.62 bits per heavy atom. The summed E-state index contributed by atoms with van der Waals surface area (Å²) in [4.78, 5) is 11.9. The van der Waals surface area contributed by atoms with Gasteiger partial charge in [-0.25, -0.2) is 13.2 Å². The molecule has 7 heteroatoms. The molecule has 2 rings (SSSR count). The number of nitrogens with one attached hydrogen (secondary N) is 1. The van der Waals surface area contributed by atoms with Gasteiger partial charge in [0.2, 0.25) is 10.0 Å². The van der Waals surface area contributed by atoms with Gasteiger partial charge in [-0.3, -0.25) is 0 Å². The highest BCUT2D eigenvalue weighted by Crippen LogP contribution is 2.23. The van der Waals surface area contributed by atoms with E-state index >= 15 is 0 Å². The van der Waals surface area contributed by atoms with E-state index in [9.17, 15) is 13.2 Å². The van der Waals surface area contributed by atoms with Crippen molar-refractivity contribution in [2.75, 3.05) is 13.1 Å². The zero-order chi connectivity index (χ0) is 19.4. The van der Waals surface area contributed by atoms with E-state index in [0.29, 0.717) is 6.54 Å². The van der Waals surface area contributed by atoms with E-state index in [2.05, 4.69) is 5.32 Å². The lowest BCUT2D eigenvalue weighted by Crippen LogP contribution is -2.50. The molecule has 1 aromatic rings. The van der Waals surface area contributed by atoms with E-state index in [-0.39, 0.29) is 18.3 Å². The van der Waals surface area contributed by atoms with Crippen LogP contribution in [0, 0.1) is 6.92 Å². The minimum Gasteiger partial charge on any atom is -0.444 e. The van der Waals surface area contributed by atoms with Crippen molar-refractivity contribution in [1.82, 2.24) is 9.62 Å². The lowest BCUT2D eigenvalue weighted by atomic mass is 10.1. The summed E-state index contributed by atoms with van der Waals surface area (Å²) < 4.78 is 32.7. The van der Waals surface area contributed by atoms with Crippen molar-refractivity contribution in [3.05, 3.63) is 35.4 Å². The molecule has 0 aromatic heterocycles. The number of ether oxygens (including phenoxy) is 1. The molecule has 0 aliphatic carbocycles. The second-order valence-electron chi connectivity index (χ2n) is 7.83. The fraction of sp³-hybridized carbons (Fsp3) is 0.632. The molecule has 1 amide bonds. The third-order valence-corrected chi connectivity index (χ3v) is 6.28. The topological polar surface area (TPSA) is 75.7 Å². The van der Waals surface area contributed by atoms with Crippen molar-refractivity contribution in [3.8, 4) is 0 Å². The second kappa shape index (κ2) is 8.39. The van der Waals surface area contributed by atoms with Crippen LogP contribution in [0.2, 0.25) is 0 Å². The number of hydrogen-bond acceptors (Lipinski definition) is 4. The lowest BCUT2D eigenvalue weighted by Gasteiger charge is -2.35. The Labute approximate surface area is 157 Å². The molecule has 26 heavy (non-hydrogen) atoms. The van der Waals surface area contributed by atoms with Gasteiger partial charge in [0.05, 0.1) is 5.75 Å². The van der Waals surface area contributed by atoms with E-state index in [1.165, 1.54) is 0 Å². The molecule has 0 bridgehead atoms. The van der Waals surface area contributed by atoms with Gasteiger partial charge in [0.15, 0.2) is 0 Å². The van der Waals surface area contributed by atoms with Crippen LogP contribution in [0.3, 0.4) is 0 Å². The maximum absolute atomic E-state index is 13.0. The molecule has 146 valence electrons. The number of rotatable bonds is 5. The molecule has 0 spiro atoms. The highest BCUT2D eigenvalue weighted by atomic mass is 32.2. The number of carbonyl (C=O) groups is 1. The van der Waals surface area contributed by atoms with Gasteiger partial charge in [-0.1, -0.05) is 30.7 Å². The first-order valence-electron chi connectivity index (χ1n) is 9.09. The fourth-order valence-corrected chi connectivity index (χ4v) is 5.04. The number of sulfonamides is 1. The van der Waals surface area contributed by atoms with Crippen LogP contribution in [-0.2, 0) is 20.5 Å². The van der Waals surface area contributed by atoms with Crippen molar-refractivity contribution in [3.63, 3.8) is 0 Å². The normalized spacial score (nSPS) is 19.2. The number of aryl methyl sites for hydroxylation is 1. The highest BCUT2D eigenvalue weighted by Gasteiger charge is 2.33. The quantitative estimate of drug-likeness (QED) is 0.848. The van der Waals surface area contributed by atoms with Crippen molar-refractivity contribution in [1.29, 1.82) is 0 Å². The molecule has 0 radical (unpaired) electrons. The maximum atomic E-state index is 13.0. The molecule has 1 saturated heterocycles. The van der Waals surface area contributed by atoms with Gasteiger partial charge in [0.25, 0.3) is 0 Å². The predicted octanol–water partition coefficient (Wildman–Crippen LogP) is 3.20. The largest absolute Gasteiger partial charge is 0.444 e. The van der Waals surface area contributed by atoms with Crippen LogP contribution in [0.4, 0.5) is 4.79 Å². The molecule has 1 heterocycles. The molecule has 1 aliphatic rings. The lowest BCUT2D eigenvalue weighted by molar-refractivity contribution is 0.0512. The summed E-state index contributed by atoms with van der Waals surface area (Å²) in [5.74, 6) is -0.0113. The highest BCUT2D eigenvalue weighted by molar-refractivity contribution is 7.88. The van der Waals surface area contributed by atoms with Crippen LogP contribution >= 0.6 is 0 Å². The number of benzene rings is 1. The van der Waals surface area contributed by atoms with E-state index in [1.54, 1.807) is 25.1 Å². The Morgan fingerprint density at radius 1 is 1.27 bits per heavy atom. The summed E-state index contributed by atoms with van der Waals surface area (Å²) >= 11 is 0. The Bertz CT molecular complexity index is 725. The van der Waals surface area contributed by atoms with Gasteiger partial charge in [-0.15, -0.1) is 0 Å². The smallest absolute Gasteiger partial charge is 0.407 e. The molecule has 1 N–H and O–H groups in total. The van der Waals surface area contributed by atoms with Gasteiger partial charge >= 0.3 is 6.09 Å². The third-order valence-electron chi connectivity index (χ3n) is 4.41. The minimum absolute atomic E-state index is 0.0113. The van der Waals surface area contributed by atoms with Crippen molar-refractivity contribution in [2.24, 2.45) is 0 Å². The van der Waals surface area contributed by atoms with E-state index in [4.69, 9.17) is 4.74 Å². The van der Waals surface area contributed by atoms with Crippen LogP contribution in [0.5, 0.6) is 0 Å². The first-order valence-corrected chi connectivity index (χ1v) is 10.7. The molecule has 1 atom stereocenters. The summed E-state index contributed by atoms with van der Waals surface area (Å²) in [6.45, 7) is 8.07. The third kappa shape index (κ3) is 5.99. The average molecular weight is 383 g/mol. The van der Waals surface area contributed by atoms with Crippen LogP contribution in [0.25, 0.3) is 0 Å². The number of alkyl carbamates (subject to hydrolysis) is 1. The molecule has 1 aliphatic heterocycles. The van der Waals surface area contributed by atoms with Crippen molar-refractivity contribution in [2.45, 2.75) is 64.4 Å². The number of carbonyl (C=O) groups excluding carboxylic acids is 1. The Kier molecular flexibility index (Phi) is 6.69. The SMILES string of the molecule is Cc1ccccc1CS(=O)(=O)N1CCCC[C@H]1CNC(=O)OC(C)(C)C. The molecule has 6 nitrogen and oxygen atoms in total. The number of amides is 1. The van der Waals surface area contributed by atoms with Gasteiger partial charge < -0.3 is 10.1 Å². The van der Waals surface area contributed by atoms with Gasteiger partial charge in [-0.2, -0.15) is 4.31 Å². The first kappa shape index (κ1) is 20.7. The summed E-state index contributed by atoms with van der Waals surface area (Å²) in [5, 5.41) is 2.72. The van der Waals surface area contributed by atoms with E-state index in [0.717, 1.165) is 30.4 Å². The van der Waals surface area contributed by atoms with E-state index in [1.807, 2.05) is 31.2 Å². The van der Waals surface area contributed by atoms with E-state index < -0.39 is 21.7 Å². The fourth-order valence-electron chi connectivity index (χ4n) is 3.11. The second-order valence-corrected chi connectivity index (χ2v) is 9.75. The van der Waals surface area contributed by atoms with Crippen LogP contribution < -0.4 is 5.32 Å². The number of piperidine rings is 1. The first-order chi connectivity index (χ1) is 12.1. The summed E-state index contributed by atoms with van der Waals surface area (Å²) in [6, 6.07) is 7.30. The molecule has 1 aromatic carbocycles. The van der Waals surface area contributed by atoms with Gasteiger partial charge in [0.1, 0.15) is 5.60 Å².